The smallest absolute Gasteiger partial charge is 0.0210 e. The summed E-state index contributed by atoms with van der Waals surface area (Å²) in [4.78, 5) is 0. The van der Waals surface area contributed by atoms with Crippen molar-refractivity contribution in [3.63, 3.8) is 0 Å². The second-order valence-corrected chi connectivity index (χ2v) is 2.63. The molecule has 0 saturated carbocycles. The van der Waals surface area contributed by atoms with E-state index in [4.69, 9.17) is 0 Å². The van der Waals surface area contributed by atoms with Crippen LogP contribution in [0.1, 0.15) is 0 Å². The summed E-state index contributed by atoms with van der Waals surface area (Å²) in [5, 5.41) is 0. The van der Waals surface area contributed by atoms with Crippen molar-refractivity contribution in [2.75, 3.05) is 0 Å². The standard InChI is InChI=1S/C11H9/c1-2-6-10-8-4-5-9-11(10)7-3-1/h1-2,4-9,11H. The van der Waals surface area contributed by atoms with Gasteiger partial charge in [-0.05, 0) is 11.6 Å². The molecule has 0 spiro atoms. The highest BCUT2D eigenvalue weighted by molar-refractivity contribution is 5.40. The lowest BCUT2D eigenvalue weighted by molar-refractivity contribution is 0.995. The molecule has 2 rings (SSSR count). The normalized spacial score (nSPS) is 26.2. The number of hydrogen-bond donors (Lipinski definition) is 0. The lowest BCUT2D eigenvalue weighted by Crippen LogP contribution is -1.96. The first-order valence-electron chi connectivity index (χ1n) is 3.78. The van der Waals surface area contributed by atoms with Gasteiger partial charge in [-0.2, -0.15) is 0 Å². The molecule has 1 unspecified atom stereocenters. The summed E-state index contributed by atoms with van der Waals surface area (Å²) in [5.41, 5.74) is 1.34. The monoisotopic (exact) mass is 141 g/mol. The van der Waals surface area contributed by atoms with Gasteiger partial charge < -0.3 is 0 Å². The van der Waals surface area contributed by atoms with Gasteiger partial charge in [0.05, 0.1) is 0 Å². The van der Waals surface area contributed by atoms with Crippen LogP contribution in [0.3, 0.4) is 0 Å². The molecule has 11 heavy (non-hydrogen) atoms. The van der Waals surface area contributed by atoms with Gasteiger partial charge in [0, 0.05) is 5.92 Å². The molecule has 1 radical (unpaired) electrons. The Hall–Kier alpha value is -1.30. The maximum atomic E-state index is 3.10. The van der Waals surface area contributed by atoms with Gasteiger partial charge in [0.1, 0.15) is 0 Å². The first kappa shape index (κ1) is 6.41. The van der Waals surface area contributed by atoms with Gasteiger partial charge >= 0.3 is 0 Å². The summed E-state index contributed by atoms with van der Waals surface area (Å²) >= 11 is 0. The molecule has 0 aliphatic heterocycles. The molecule has 0 nitrogen and oxygen atoms in total. The van der Waals surface area contributed by atoms with Gasteiger partial charge in [-0.15, -0.1) is 0 Å². The van der Waals surface area contributed by atoms with Crippen LogP contribution >= 0.6 is 0 Å². The van der Waals surface area contributed by atoms with Crippen LogP contribution in [0, 0.1) is 12.0 Å². The van der Waals surface area contributed by atoms with Crippen molar-refractivity contribution in [1.82, 2.24) is 0 Å². The Balaban J connectivity index is 2.39. The molecular weight excluding hydrogens is 132 g/mol. The van der Waals surface area contributed by atoms with Crippen LogP contribution < -0.4 is 0 Å². The molecular formula is C11H9. The Labute approximate surface area is 66.9 Å². The highest BCUT2D eigenvalue weighted by atomic mass is 14.1. The number of fused-ring (bicyclic) bond motifs is 1. The second-order valence-electron chi connectivity index (χ2n) is 2.63. The van der Waals surface area contributed by atoms with Crippen molar-refractivity contribution in [1.29, 1.82) is 0 Å². The Morgan fingerprint density at radius 2 is 2.18 bits per heavy atom. The molecule has 1 atom stereocenters. The molecule has 0 N–H and O–H groups in total. The average Bonchev–Trinajstić information content (AvgIpc) is 2.28. The summed E-state index contributed by atoms with van der Waals surface area (Å²) in [7, 11) is 0. The van der Waals surface area contributed by atoms with Crippen LogP contribution in [0.4, 0.5) is 0 Å². The van der Waals surface area contributed by atoms with E-state index in [0.717, 1.165) is 0 Å². The van der Waals surface area contributed by atoms with E-state index in [1.165, 1.54) is 5.57 Å². The molecule has 2 aliphatic rings. The Morgan fingerprint density at radius 3 is 3.18 bits per heavy atom. The van der Waals surface area contributed by atoms with E-state index in [2.05, 4.69) is 42.5 Å². The van der Waals surface area contributed by atoms with Crippen molar-refractivity contribution in [2.45, 2.75) is 0 Å². The van der Waals surface area contributed by atoms with Gasteiger partial charge in [0.2, 0.25) is 0 Å². The van der Waals surface area contributed by atoms with Gasteiger partial charge in [0.25, 0.3) is 0 Å². The number of rotatable bonds is 0. The van der Waals surface area contributed by atoms with E-state index in [1.54, 1.807) is 0 Å². The van der Waals surface area contributed by atoms with Gasteiger partial charge in [0.15, 0.2) is 0 Å². The van der Waals surface area contributed by atoms with Crippen LogP contribution in [0.5, 0.6) is 0 Å². The fourth-order valence-electron chi connectivity index (χ4n) is 1.27. The van der Waals surface area contributed by atoms with E-state index in [9.17, 15) is 0 Å². The van der Waals surface area contributed by atoms with Crippen molar-refractivity contribution >= 4 is 0 Å². The van der Waals surface area contributed by atoms with E-state index in [1.807, 2.05) is 12.2 Å². The minimum Gasteiger partial charge on any atom is -0.0732 e. The third-order valence-corrected chi connectivity index (χ3v) is 1.86. The van der Waals surface area contributed by atoms with Crippen LogP contribution in [0.15, 0.2) is 54.2 Å². The number of allylic oxidation sites excluding steroid dienone is 10. The predicted molar refractivity (Wildman–Crippen MR) is 46.8 cm³/mol. The van der Waals surface area contributed by atoms with Crippen molar-refractivity contribution in [3.05, 3.63) is 60.3 Å². The van der Waals surface area contributed by atoms with Gasteiger partial charge in [-0.1, -0.05) is 48.6 Å². The molecule has 0 aromatic rings. The Morgan fingerprint density at radius 1 is 1.18 bits per heavy atom. The summed E-state index contributed by atoms with van der Waals surface area (Å²) in [5.74, 6) is 0.440. The lowest BCUT2D eigenvalue weighted by atomic mass is 9.95. The average molecular weight is 141 g/mol. The first-order chi connectivity index (χ1) is 5.47. The maximum Gasteiger partial charge on any atom is 0.0210 e. The minimum atomic E-state index is 0.440. The molecule has 2 aliphatic carbocycles. The van der Waals surface area contributed by atoms with Crippen molar-refractivity contribution in [2.24, 2.45) is 5.92 Å². The van der Waals surface area contributed by atoms with Gasteiger partial charge in [-0.3, -0.25) is 0 Å². The van der Waals surface area contributed by atoms with Crippen LogP contribution in [-0.2, 0) is 0 Å². The maximum absolute atomic E-state index is 3.10. The van der Waals surface area contributed by atoms with Crippen LogP contribution in [0.25, 0.3) is 0 Å². The third-order valence-electron chi connectivity index (χ3n) is 1.86. The molecule has 0 heterocycles. The van der Waals surface area contributed by atoms with Crippen LogP contribution in [0.2, 0.25) is 0 Å². The quantitative estimate of drug-likeness (QED) is 0.486. The van der Waals surface area contributed by atoms with E-state index in [-0.39, 0.29) is 0 Å². The fraction of sp³-hybridized carbons (Fsp3) is 0.0909. The predicted octanol–water partition coefficient (Wildman–Crippen LogP) is 2.58. The molecule has 0 bridgehead atoms. The lowest BCUT2D eigenvalue weighted by Gasteiger charge is -2.10. The molecule has 0 amide bonds. The summed E-state index contributed by atoms with van der Waals surface area (Å²) in [6.45, 7) is 0. The Bertz CT molecular complexity index is 285. The van der Waals surface area contributed by atoms with E-state index >= 15 is 0 Å². The zero-order valence-corrected chi connectivity index (χ0v) is 6.20. The first-order valence-corrected chi connectivity index (χ1v) is 3.78. The molecule has 53 valence electrons. The highest BCUT2D eigenvalue weighted by Crippen LogP contribution is 2.21. The molecule has 0 saturated heterocycles. The summed E-state index contributed by atoms with van der Waals surface area (Å²) in [6.07, 6.45) is 19.7. The summed E-state index contributed by atoms with van der Waals surface area (Å²) < 4.78 is 0. The molecule has 0 fully saturated rings. The van der Waals surface area contributed by atoms with Crippen molar-refractivity contribution < 1.29 is 0 Å². The largest absolute Gasteiger partial charge is 0.0732 e. The van der Waals surface area contributed by atoms with Crippen molar-refractivity contribution in [3.8, 4) is 0 Å². The summed E-state index contributed by atoms with van der Waals surface area (Å²) in [6, 6.07) is 0. The molecule has 0 aromatic heterocycles. The zero-order chi connectivity index (χ0) is 7.52. The highest BCUT2D eigenvalue weighted by Gasteiger charge is 2.06. The zero-order valence-electron chi connectivity index (χ0n) is 6.20. The molecule has 0 aromatic carbocycles. The van der Waals surface area contributed by atoms with Gasteiger partial charge in [-0.25, -0.2) is 0 Å². The topological polar surface area (TPSA) is 0 Å². The third kappa shape index (κ3) is 1.25. The SMILES string of the molecule is [C]1=CC2C=CC=CC2=CC=C1. The molecule has 0 heteroatoms. The van der Waals surface area contributed by atoms with E-state index in [0.29, 0.717) is 5.92 Å². The fourth-order valence-corrected chi connectivity index (χ4v) is 1.27. The Kier molecular flexibility index (Phi) is 1.60. The van der Waals surface area contributed by atoms with E-state index < -0.39 is 0 Å². The number of hydrogen-bond acceptors (Lipinski definition) is 0. The van der Waals surface area contributed by atoms with Crippen LogP contribution in [-0.4, -0.2) is 0 Å². The minimum absolute atomic E-state index is 0.440. The second kappa shape index (κ2) is 2.75.